The summed E-state index contributed by atoms with van der Waals surface area (Å²) in [4.78, 5) is 2.15. The van der Waals surface area contributed by atoms with Gasteiger partial charge in [-0.1, -0.05) is 6.42 Å². The van der Waals surface area contributed by atoms with E-state index in [4.69, 9.17) is 4.74 Å². The lowest BCUT2D eigenvalue weighted by molar-refractivity contribution is -0.0463. The van der Waals surface area contributed by atoms with Gasteiger partial charge < -0.3 is 15.2 Å². The molecular weight excluding hydrogens is 351 g/mol. The van der Waals surface area contributed by atoms with Crippen LogP contribution in [0.15, 0.2) is 0 Å². The normalized spacial score (nSPS) is 24.3. The first-order valence-electron chi connectivity index (χ1n) is 8.41. The van der Waals surface area contributed by atoms with Crippen LogP contribution in [0.3, 0.4) is 0 Å². The van der Waals surface area contributed by atoms with E-state index in [1.807, 2.05) is 7.05 Å². The van der Waals surface area contributed by atoms with Crippen molar-refractivity contribution < 1.29 is 9.84 Å². The zero-order valence-electron chi connectivity index (χ0n) is 14.3. The van der Waals surface area contributed by atoms with Crippen molar-refractivity contribution in [2.75, 3.05) is 39.9 Å². The van der Waals surface area contributed by atoms with Gasteiger partial charge >= 0.3 is 0 Å². The third-order valence-electron chi connectivity index (χ3n) is 4.62. The zero-order valence-corrected chi connectivity index (χ0v) is 16.0. The number of aryl methyl sites for hydroxylation is 1. The number of fused-ring (bicyclic) bond motifs is 1. The Morgan fingerprint density at radius 2 is 2.04 bits per heavy atom. The topological polar surface area (TPSA) is 73.4 Å². The van der Waals surface area contributed by atoms with Crippen LogP contribution in [0.1, 0.15) is 36.2 Å². The van der Waals surface area contributed by atoms with Gasteiger partial charge in [0.05, 0.1) is 18.9 Å². The van der Waals surface area contributed by atoms with E-state index in [0.717, 1.165) is 31.6 Å². The van der Waals surface area contributed by atoms with E-state index in [-0.39, 0.29) is 24.8 Å². The fourth-order valence-corrected chi connectivity index (χ4v) is 3.55. The maximum atomic E-state index is 10.7. The van der Waals surface area contributed by atoms with Crippen molar-refractivity contribution in [1.82, 2.24) is 20.4 Å². The lowest BCUT2D eigenvalue weighted by Gasteiger charge is -2.30. The van der Waals surface area contributed by atoms with Gasteiger partial charge in [-0.2, -0.15) is 5.10 Å². The number of hydrogen-bond donors (Lipinski definition) is 3. The molecule has 1 aliphatic carbocycles. The number of likely N-dealkylation sites (N-methyl/N-ethyl adjacent to an activating group) is 1. The molecule has 0 amide bonds. The van der Waals surface area contributed by atoms with Gasteiger partial charge in [0.1, 0.15) is 5.60 Å². The average molecular weight is 381 g/mol. The van der Waals surface area contributed by atoms with Gasteiger partial charge in [0.2, 0.25) is 0 Å². The molecule has 140 valence electrons. The number of rotatable bonds is 4. The summed E-state index contributed by atoms with van der Waals surface area (Å²) < 4.78 is 5.49. The highest BCUT2D eigenvalue weighted by Gasteiger charge is 2.30. The van der Waals surface area contributed by atoms with Crippen LogP contribution < -0.4 is 5.32 Å². The van der Waals surface area contributed by atoms with Gasteiger partial charge in [0, 0.05) is 31.9 Å². The first-order chi connectivity index (χ1) is 10.7. The Morgan fingerprint density at radius 1 is 1.25 bits per heavy atom. The number of H-pyrrole nitrogens is 1. The first kappa shape index (κ1) is 21.7. The summed E-state index contributed by atoms with van der Waals surface area (Å²) >= 11 is 0. The third-order valence-corrected chi connectivity index (χ3v) is 4.62. The summed E-state index contributed by atoms with van der Waals surface area (Å²) in [5.74, 6) is 0. The molecule has 0 radical (unpaired) electrons. The number of hydrogen-bond acceptors (Lipinski definition) is 5. The predicted octanol–water partition coefficient (Wildman–Crippen LogP) is 1.30. The highest BCUT2D eigenvalue weighted by Crippen LogP contribution is 2.22. The molecule has 8 heteroatoms. The van der Waals surface area contributed by atoms with Crippen LogP contribution in [0.2, 0.25) is 0 Å². The van der Waals surface area contributed by atoms with E-state index < -0.39 is 5.60 Å². The number of aromatic nitrogens is 2. The quantitative estimate of drug-likeness (QED) is 0.686. The van der Waals surface area contributed by atoms with Crippen molar-refractivity contribution in [2.45, 2.75) is 44.2 Å². The highest BCUT2D eigenvalue weighted by atomic mass is 35.5. The van der Waals surface area contributed by atoms with E-state index in [1.165, 1.54) is 30.5 Å². The molecule has 3 rings (SSSR count). The Balaban J connectivity index is 0.00000144. The Labute approximate surface area is 156 Å². The van der Waals surface area contributed by atoms with Crippen molar-refractivity contribution in [3.63, 3.8) is 0 Å². The van der Waals surface area contributed by atoms with E-state index in [1.54, 1.807) is 0 Å². The number of nitrogens with one attached hydrogen (secondary N) is 2. The molecule has 1 fully saturated rings. The van der Waals surface area contributed by atoms with E-state index in [2.05, 4.69) is 20.4 Å². The number of aliphatic hydroxyl groups is 1. The number of β-amino-alcohol motifs (C(OH)–C–C–N with tert-alkyl or cyclic N) is 1. The third kappa shape index (κ3) is 5.58. The van der Waals surface area contributed by atoms with Gasteiger partial charge in [-0.15, -0.1) is 24.8 Å². The van der Waals surface area contributed by atoms with Gasteiger partial charge in [-0.25, -0.2) is 0 Å². The SMILES string of the molecule is CN(Cc1n[nH]c2c1CCCCC2)CC1(O)CNCCOC1.Cl.Cl. The standard InChI is InChI=1S/C16H28N4O2.2ClH/c1-20(11-16(21)10-17-7-8-22-12-16)9-15-13-5-3-2-4-6-14(13)18-19-15;;/h17,21H,2-12H2,1H3,(H,18,19);2*1H. The predicted molar refractivity (Wildman–Crippen MR) is 99.3 cm³/mol. The van der Waals surface area contributed by atoms with E-state index >= 15 is 0 Å². The lowest BCUT2D eigenvalue weighted by atomic mass is 10.0. The Bertz CT molecular complexity index is 490. The van der Waals surface area contributed by atoms with Crippen molar-refractivity contribution in [1.29, 1.82) is 0 Å². The maximum absolute atomic E-state index is 10.7. The molecule has 2 heterocycles. The van der Waals surface area contributed by atoms with Crippen LogP contribution in [0, 0.1) is 0 Å². The summed E-state index contributed by atoms with van der Waals surface area (Å²) in [5.41, 5.74) is 3.05. The van der Waals surface area contributed by atoms with Crippen LogP contribution in [-0.2, 0) is 24.1 Å². The molecule has 1 aromatic rings. The van der Waals surface area contributed by atoms with E-state index in [9.17, 15) is 5.11 Å². The fourth-order valence-electron chi connectivity index (χ4n) is 3.55. The van der Waals surface area contributed by atoms with Crippen molar-refractivity contribution in [3.05, 3.63) is 17.0 Å². The van der Waals surface area contributed by atoms with Crippen molar-refractivity contribution in [2.24, 2.45) is 0 Å². The first-order valence-corrected chi connectivity index (χ1v) is 8.41. The molecule has 0 bridgehead atoms. The summed E-state index contributed by atoms with van der Waals surface area (Å²) in [7, 11) is 2.04. The molecule has 0 aromatic carbocycles. The molecule has 1 aliphatic heterocycles. The second kappa shape index (κ2) is 9.94. The molecule has 6 nitrogen and oxygen atoms in total. The maximum Gasteiger partial charge on any atom is 0.113 e. The highest BCUT2D eigenvalue weighted by molar-refractivity contribution is 5.85. The fraction of sp³-hybridized carbons (Fsp3) is 0.812. The average Bonchev–Trinajstić information content (AvgIpc) is 2.69. The molecular formula is C16H30Cl2N4O2. The van der Waals surface area contributed by atoms with Gasteiger partial charge in [0.25, 0.3) is 0 Å². The minimum atomic E-state index is -0.821. The van der Waals surface area contributed by atoms with Crippen LogP contribution in [0.25, 0.3) is 0 Å². The van der Waals surface area contributed by atoms with Crippen LogP contribution in [0.4, 0.5) is 0 Å². The number of halogens is 2. The smallest absolute Gasteiger partial charge is 0.113 e. The Hall–Kier alpha value is -0.370. The molecule has 0 saturated carbocycles. The number of aromatic amines is 1. The van der Waals surface area contributed by atoms with E-state index in [0.29, 0.717) is 26.3 Å². The molecule has 1 unspecified atom stereocenters. The molecule has 1 atom stereocenters. The van der Waals surface area contributed by atoms with Gasteiger partial charge in [-0.05, 0) is 38.3 Å². The lowest BCUT2D eigenvalue weighted by Crippen LogP contribution is -2.50. The van der Waals surface area contributed by atoms with Crippen LogP contribution >= 0.6 is 24.8 Å². The Kier molecular flexibility index (Phi) is 8.98. The summed E-state index contributed by atoms with van der Waals surface area (Å²) in [5, 5.41) is 21.7. The largest absolute Gasteiger partial charge is 0.385 e. The van der Waals surface area contributed by atoms with Gasteiger partial charge in [-0.3, -0.25) is 10.00 Å². The molecule has 3 N–H and O–H groups in total. The second-order valence-corrected chi connectivity index (χ2v) is 6.81. The van der Waals surface area contributed by atoms with Crippen molar-refractivity contribution >= 4 is 24.8 Å². The molecule has 0 spiro atoms. The molecule has 1 aromatic heterocycles. The summed E-state index contributed by atoms with van der Waals surface area (Å²) in [6.07, 6.45) is 6.07. The Morgan fingerprint density at radius 3 is 2.88 bits per heavy atom. The monoisotopic (exact) mass is 380 g/mol. The van der Waals surface area contributed by atoms with Gasteiger partial charge in [0.15, 0.2) is 0 Å². The molecule has 1 saturated heterocycles. The number of ether oxygens (including phenoxy) is 1. The van der Waals surface area contributed by atoms with Crippen LogP contribution in [-0.4, -0.2) is 65.7 Å². The zero-order chi connectivity index (χ0) is 15.4. The summed E-state index contributed by atoms with van der Waals surface area (Å²) in [6.45, 7) is 3.80. The second-order valence-electron chi connectivity index (χ2n) is 6.81. The minimum Gasteiger partial charge on any atom is -0.385 e. The molecule has 24 heavy (non-hydrogen) atoms. The summed E-state index contributed by atoms with van der Waals surface area (Å²) in [6, 6.07) is 0. The van der Waals surface area contributed by atoms with Crippen LogP contribution in [0.5, 0.6) is 0 Å². The minimum absolute atomic E-state index is 0. The molecule has 2 aliphatic rings. The number of nitrogens with zero attached hydrogens (tertiary/aromatic N) is 2. The van der Waals surface area contributed by atoms with Crippen molar-refractivity contribution in [3.8, 4) is 0 Å².